The molecule has 0 saturated heterocycles. The van der Waals surface area contributed by atoms with Gasteiger partial charge >= 0.3 is 0 Å². The fourth-order valence-corrected chi connectivity index (χ4v) is 1.75. The number of carbonyl (C=O) groups excluding carboxylic acids is 1. The van der Waals surface area contributed by atoms with E-state index in [4.69, 9.17) is 0 Å². The first-order valence-corrected chi connectivity index (χ1v) is 5.67. The summed E-state index contributed by atoms with van der Waals surface area (Å²) < 4.78 is 0. The fraction of sp³-hybridized carbons (Fsp3) is 0.385. The molecule has 0 bridgehead atoms. The molecule has 0 fully saturated rings. The summed E-state index contributed by atoms with van der Waals surface area (Å²) in [5.74, 6) is 0.105. The van der Waals surface area contributed by atoms with Crippen molar-refractivity contribution < 1.29 is 4.79 Å². The average molecular weight is 216 g/mol. The van der Waals surface area contributed by atoms with Gasteiger partial charge in [-0.2, -0.15) is 5.10 Å². The van der Waals surface area contributed by atoms with Crippen LogP contribution in [0.1, 0.15) is 32.3 Å². The Kier molecular flexibility index (Phi) is 3.04. The van der Waals surface area contributed by atoms with E-state index in [-0.39, 0.29) is 11.9 Å². The van der Waals surface area contributed by atoms with Crippen molar-refractivity contribution in [2.24, 2.45) is 5.10 Å². The van der Waals surface area contributed by atoms with Crippen molar-refractivity contribution in [3.05, 3.63) is 35.9 Å². The fourth-order valence-electron chi connectivity index (χ4n) is 1.75. The minimum atomic E-state index is 0.105. The Morgan fingerprint density at radius 1 is 1.38 bits per heavy atom. The zero-order valence-electron chi connectivity index (χ0n) is 9.68. The summed E-state index contributed by atoms with van der Waals surface area (Å²) in [5, 5.41) is 6.02. The highest BCUT2D eigenvalue weighted by molar-refractivity contribution is 6.13. The third-order valence-electron chi connectivity index (χ3n) is 2.92. The maximum absolute atomic E-state index is 11.8. The highest BCUT2D eigenvalue weighted by Gasteiger charge is 2.27. The zero-order chi connectivity index (χ0) is 11.5. The van der Waals surface area contributed by atoms with Crippen LogP contribution in [0.15, 0.2) is 35.4 Å². The molecule has 2 rings (SSSR count). The molecule has 3 heteroatoms. The first-order chi connectivity index (χ1) is 7.72. The maximum atomic E-state index is 11.8. The van der Waals surface area contributed by atoms with Gasteiger partial charge in [-0.25, -0.2) is 5.01 Å². The lowest BCUT2D eigenvalue weighted by atomic mass is 10.1. The molecule has 0 aliphatic carbocycles. The second-order valence-corrected chi connectivity index (χ2v) is 4.09. The quantitative estimate of drug-likeness (QED) is 0.763. The van der Waals surface area contributed by atoms with E-state index in [1.165, 1.54) is 0 Å². The van der Waals surface area contributed by atoms with Crippen molar-refractivity contribution in [2.45, 2.75) is 32.7 Å². The Bertz CT molecular complexity index is 411. The molecule has 1 heterocycles. The summed E-state index contributed by atoms with van der Waals surface area (Å²) in [6.45, 7) is 4.09. The average Bonchev–Trinajstić information content (AvgIpc) is 2.71. The Morgan fingerprint density at radius 2 is 2.06 bits per heavy atom. The lowest BCUT2D eigenvalue weighted by molar-refractivity contribution is -0.130. The number of rotatable bonds is 3. The van der Waals surface area contributed by atoms with Gasteiger partial charge in [0.2, 0.25) is 5.91 Å². The third kappa shape index (κ3) is 1.98. The Morgan fingerprint density at radius 3 is 2.69 bits per heavy atom. The molecule has 1 aliphatic heterocycles. The van der Waals surface area contributed by atoms with E-state index < -0.39 is 0 Å². The van der Waals surface area contributed by atoms with Gasteiger partial charge in [0.15, 0.2) is 0 Å². The van der Waals surface area contributed by atoms with Crippen LogP contribution in [0.4, 0.5) is 0 Å². The number of benzene rings is 1. The molecule has 1 amide bonds. The summed E-state index contributed by atoms with van der Waals surface area (Å²) in [6.07, 6.45) is 1.35. The molecular weight excluding hydrogens is 200 g/mol. The van der Waals surface area contributed by atoms with Gasteiger partial charge in [0, 0.05) is 0 Å². The zero-order valence-corrected chi connectivity index (χ0v) is 9.68. The lowest BCUT2D eigenvalue weighted by Gasteiger charge is -2.18. The number of hydrazone groups is 1. The number of carbonyl (C=O) groups is 1. The molecule has 1 atom stereocenters. The van der Waals surface area contributed by atoms with E-state index in [1.807, 2.05) is 37.3 Å². The van der Waals surface area contributed by atoms with Crippen molar-refractivity contribution in [3.8, 4) is 0 Å². The van der Waals surface area contributed by atoms with E-state index >= 15 is 0 Å². The Labute approximate surface area is 95.8 Å². The number of amides is 1. The van der Waals surface area contributed by atoms with Gasteiger partial charge in [0.1, 0.15) is 0 Å². The van der Waals surface area contributed by atoms with Crippen LogP contribution in [0.2, 0.25) is 0 Å². The van der Waals surface area contributed by atoms with Crippen LogP contribution < -0.4 is 0 Å². The largest absolute Gasteiger partial charge is 0.273 e. The maximum Gasteiger partial charge on any atom is 0.249 e. The van der Waals surface area contributed by atoms with E-state index in [1.54, 1.807) is 5.01 Å². The predicted molar refractivity (Wildman–Crippen MR) is 64.2 cm³/mol. The van der Waals surface area contributed by atoms with Crippen LogP contribution in [-0.4, -0.2) is 22.7 Å². The Balaban J connectivity index is 2.23. The number of hydrogen-bond acceptors (Lipinski definition) is 2. The minimum Gasteiger partial charge on any atom is -0.273 e. The van der Waals surface area contributed by atoms with Crippen LogP contribution in [0.3, 0.4) is 0 Å². The molecule has 84 valence electrons. The molecule has 1 unspecified atom stereocenters. The smallest absolute Gasteiger partial charge is 0.249 e. The van der Waals surface area contributed by atoms with Crippen LogP contribution in [0.5, 0.6) is 0 Å². The van der Waals surface area contributed by atoms with Gasteiger partial charge in [0.05, 0.1) is 18.2 Å². The second kappa shape index (κ2) is 4.47. The summed E-state index contributed by atoms with van der Waals surface area (Å²) >= 11 is 0. The standard InChI is InChI=1S/C13H16N2O/c1-3-10(2)15-13(16)9-12(14-15)11-7-5-4-6-8-11/h4-8,10H,3,9H2,1-2H3. The first kappa shape index (κ1) is 10.9. The van der Waals surface area contributed by atoms with Gasteiger partial charge in [0.25, 0.3) is 0 Å². The molecule has 3 nitrogen and oxygen atoms in total. The van der Waals surface area contributed by atoms with Crippen LogP contribution in [0.25, 0.3) is 0 Å². The number of nitrogens with zero attached hydrogens (tertiary/aromatic N) is 2. The molecule has 0 N–H and O–H groups in total. The van der Waals surface area contributed by atoms with Gasteiger partial charge in [-0.3, -0.25) is 4.79 Å². The van der Waals surface area contributed by atoms with E-state index in [9.17, 15) is 4.79 Å². The summed E-state index contributed by atoms with van der Waals surface area (Å²) in [7, 11) is 0. The molecule has 0 spiro atoms. The van der Waals surface area contributed by atoms with Gasteiger partial charge < -0.3 is 0 Å². The van der Waals surface area contributed by atoms with Crippen molar-refractivity contribution >= 4 is 11.6 Å². The molecular formula is C13H16N2O. The number of hydrogen-bond donors (Lipinski definition) is 0. The monoisotopic (exact) mass is 216 g/mol. The molecule has 1 aliphatic rings. The molecule has 16 heavy (non-hydrogen) atoms. The SMILES string of the molecule is CCC(C)N1N=C(c2ccccc2)CC1=O. The van der Waals surface area contributed by atoms with Crippen LogP contribution in [-0.2, 0) is 4.79 Å². The van der Waals surface area contributed by atoms with E-state index in [0.29, 0.717) is 6.42 Å². The van der Waals surface area contributed by atoms with Crippen LogP contribution >= 0.6 is 0 Å². The first-order valence-electron chi connectivity index (χ1n) is 5.67. The van der Waals surface area contributed by atoms with Gasteiger partial charge in [-0.15, -0.1) is 0 Å². The lowest BCUT2D eigenvalue weighted by Crippen LogP contribution is -2.29. The van der Waals surface area contributed by atoms with Gasteiger partial charge in [-0.05, 0) is 18.9 Å². The molecule has 0 radical (unpaired) electrons. The highest BCUT2D eigenvalue weighted by Crippen LogP contribution is 2.18. The van der Waals surface area contributed by atoms with Crippen molar-refractivity contribution in [3.63, 3.8) is 0 Å². The molecule has 1 aromatic rings. The summed E-state index contributed by atoms with van der Waals surface area (Å²) in [5.41, 5.74) is 1.92. The molecule has 0 aromatic heterocycles. The molecule has 0 saturated carbocycles. The van der Waals surface area contributed by atoms with Crippen molar-refractivity contribution in [2.75, 3.05) is 0 Å². The minimum absolute atomic E-state index is 0.105. The van der Waals surface area contributed by atoms with E-state index in [0.717, 1.165) is 17.7 Å². The normalized spacial score (nSPS) is 17.5. The topological polar surface area (TPSA) is 32.7 Å². The highest BCUT2D eigenvalue weighted by atomic mass is 16.2. The van der Waals surface area contributed by atoms with E-state index in [2.05, 4.69) is 12.0 Å². The van der Waals surface area contributed by atoms with Crippen molar-refractivity contribution in [1.82, 2.24) is 5.01 Å². The van der Waals surface area contributed by atoms with Crippen LogP contribution in [0, 0.1) is 0 Å². The molecule has 1 aromatic carbocycles. The summed E-state index contributed by atoms with van der Waals surface area (Å²) in [4.78, 5) is 11.8. The third-order valence-corrected chi connectivity index (χ3v) is 2.92. The van der Waals surface area contributed by atoms with Crippen molar-refractivity contribution in [1.29, 1.82) is 0 Å². The second-order valence-electron chi connectivity index (χ2n) is 4.09. The predicted octanol–water partition coefficient (Wildman–Crippen LogP) is 2.42. The Hall–Kier alpha value is -1.64. The van der Waals surface area contributed by atoms with Gasteiger partial charge in [-0.1, -0.05) is 37.3 Å². The summed E-state index contributed by atoms with van der Waals surface area (Å²) in [6, 6.07) is 10.1.